The number of nitrogens with one attached hydrogen (secondary N) is 1. The molecule has 1 unspecified atom stereocenters. The van der Waals surface area contributed by atoms with Gasteiger partial charge in [0.25, 0.3) is 0 Å². The van der Waals surface area contributed by atoms with Gasteiger partial charge in [-0.05, 0) is 51.6 Å². The van der Waals surface area contributed by atoms with Gasteiger partial charge in [0.1, 0.15) is 11.5 Å². The highest BCUT2D eigenvalue weighted by Crippen LogP contribution is 2.39. The minimum atomic E-state index is 0.500. The normalized spacial score (nSPS) is 18.8. The van der Waals surface area contributed by atoms with E-state index in [4.69, 9.17) is 4.42 Å². The van der Waals surface area contributed by atoms with Crippen molar-refractivity contribution in [3.8, 4) is 0 Å². The number of furan rings is 1. The van der Waals surface area contributed by atoms with E-state index in [1.165, 1.54) is 36.8 Å². The second kappa shape index (κ2) is 5.26. The molecule has 17 heavy (non-hydrogen) atoms. The summed E-state index contributed by atoms with van der Waals surface area (Å²) in [5, 5.41) is 3.68. The standard InChI is InChI=1S/C15H25NO/c1-5-16-15(13-8-6-7-9-13)14-10(2)11(3)17-12(14)4/h13,15-16H,5-9H2,1-4H3. The van der Waals surface area contributed by atoms with Crippen LogP contribution in [0.1, 0.15) is 61.3 Å². The Hall–Kier alpha value is -0.760. The Kier molecular flexibility index (Phi) is 3.93. The molecule has 2 heteroatoms. The van der Waals surface area contributed by atoms with Gasteiger partial charge in [0.05, 0.1) is 0 Å². The molecule has 0 radical (unpaired) electrons. The van der Waals surface area contributed by atoms with Gasteiger partial charge in [0.2, 0.25) is 0 Å². The molecule has 1 fully saturated rings. The molecule has 2 nitrogen and oxygen atoms in total. The summed E-state index contributed by atoms with van der Waals surface area (Å²) >= 11 is 0. The summed E-state index contributed by atoms with van der Waals surface area (Å²) < 4.78 is 5.79. The Labute approximate surface area is 105 Å². The third kappa shape index (κ3) is 2.42. The van der Waals surface area contributed by atoms with Gasteiger partial charge in [-0.15, -0.1) is 0 Å². The maximum Gasteiger partial charge on any atom is 0.106 e. The highest BCUT2D eigenvalue weighted by atomic mass is 16.3. The quantitative estimate of drug-likeness (QED) is 0.852. The third-order valence-electron chi connectivity index (χ3n) is 4.22. The average Bonchev–Trinajstić information content (AvgIpc) is 2.88. The molecule has 1 aromatic rings. The molecule has 0 saturated heterocycles. The van der Waals surface area contributed by atoms with Crippen LogP contribution in [0.5, 0.6) is 0 Å². The molecule has 0 amide bonds. The summed E-state index contributed by atoms with van der Waals surface area (Å²) in [5.74, 6) is 2.99. The molecule has 0 bridgehead atoms. The van der Waals surface area contributed by atoms with Crippen molar-refractivity contribution in [2.45, 2.75) is 59.4 Å². The van der Waals surface area contributed by atoms with Crippen LogP contribution < -0.4 is 5.32 Å². The van der Waals surface area contributed by atoms with Crippen molar-refractivity contribution in [2.75, 3.05) is 6.54 Å². The predicted molar refractivity (Wildman–Crippen MR) is 71.3 cm³/mol. The lowest BCUT2D eigenvalue weighted by molar-refractivity contribution is 0.367. The first-order valence-electron chi connectivity index (χ1n) is 6.95. The van der Waals surface area contributed by atoms with Crippen LogP contribution in [0.4, 0.5) is 0 Å². The van der Waals surface area contributed by atoms with E-state index in [0.29, 0.717) is 6.04 Å². The second-order valence-electron chi connectivity index (χ2n) is 5.33. The van der Waals surface area contributed by atoms with Crippen molar-refractivity contribution in [3.63, 3.8) is 0 Å². The summed E-state index contributed by atoms with van der Waals surface area (Å²) in [7, 11) is 0. The van der Waals surface area contributed by atoms with Crippen molar-refractivity contribution >= 4 is 0 Å². The summed E-state index contributed by atoms with van der Waals surface area (Å²) in [6.07, 6.45) is 5.50. The van der Waals surface area contributed by atoms with E-state index < -0.39 is 0 Å². The zero-order valence-electron chi connectivity index (χ0n) is 11.6. The molecule has 1 aromatic heterocycles. The summed E-state index contributed by atoms with van der Waals surface area (Å²) in [6.45, 7) is 9.60. The van der Waals surface area contributed by atoms with E-state index in [1.807, 2.05) is 0 Å². The van der Waals surface area contributed by atoms with Gasteiger partial charge in [-0.1, -0.05) is 19.8 Å². The summed E-state index contributed by atoms with van der Waals surface area (Å²) in [4.78, 5) is 0. The Bertz CT molecular complexity index is 375. The van der Waals surface area contributed by atoms with Crippen molar-refractivity contribution < 1.29 is 4.42 Å². The highest BCUT2D eigenvalue weighted by molar-refractivity contribution is 5.34. The van der Waals surface area contributed by atoms with Crippen LogP contribution in [0.3, 0.4) is 0 Å². The van der Waals surface area contributed by atoms with Gasteiger partial charge < -0.3 is 9.73 Å². The molecular weight excluding hydrogens is 210 g/mol. The molecule has 1 heterocycles. The van der Waals surface area contributed by atoms with E-state index in [-0.39, 0.29) is 0 Å². The van der Waals surface area contributed by atoms with E-state index in [0.717, 1.165) is 24.0 Å². The van der Waals surface area contributed by atoms with Crippen LogP contribution in [0.15, 0.2) is 4.42 Å². The van der Waals surface area contributed by atoms with Crippen molar-refractivity contribution in [1.29, 1.82) is 0 Å². The molecule has 1 atom stereocenters. The van der Waals surface area contributed by atoms with Crippen LogP contribution in [0.25, 0.3) is 0 Å². The van der Waals surface area contributed by atoms with Crippen LogP contribution in [-0.4, -0.2) is 6.54 Å². The van der Waals surface area contributed by atoms with E-state index >= 15 is 0 Å². The van der Waals surface area contributed by atoms with Gasteiger partial charge >= 0.3 is 0 Å². The lowest BCUT2D eigenvalue weighted by Crippen LogP contribution is -2.27. The summed E-state index contributed by atoms with van der Waals surface area (Å²) in [6, 6.07) is 0.500. The van der Waals surface area contributed by atoms with Crippen LogP contribution in [-0.2, 0) is 0 Å². The molecule has 1 saturated carbocycles. The lowest BCUT2D eigenvalue weighted by Gasteiger charge is -2.25. The van der Waals surface area contributed by atoms with Crippen LogP contribution >= 0.6 is 0 Å². The fourth-order valence-electron chi connectivity index (χ4n) is 3.28. The first kappa shape index (κ1) is 12.7. The number of hydrogen-bond acceptors (Lipinski definition) is 2. The van der Waals surface area contributed by atoms with Gasteiger partial charge in [-0.2, -0.15) is 0 Å². The Morgan fingerprint density at radius 1 is 1.18 bits per heavy atom. The maximum absolute atomic E-state index is 5.79. The molecule has 2 rings (SSSR count). The van der Waals surface area contributed by atoms with Crippen molar-refractivity contribution in [2.24, 2.45) is 5.92 Å². The fourth-order valence-corrected chi connectivity index (χ4v) is 3.28. The Morgan fingerprint density at radius 2 is 1.82 bits per heavy atom. The minimum Gasteiger partial charge on any atom is -0.466 e. The second-order valence-corrected chi connectivity index (χ2v) is 5.33. The molecule has 1 N–H and O–H groups in total. The third-order valence-corrected chi connectivity index (χ3v) is 4.22. The van der Waals surface area contributed by atoms with Crippen LogP contribution in [0.2, 0.25) is 0 Å². The molecule has 1 aliphatic carbocycles. The predicted octanol–water partition coefficient (Wildman–Crippen LogP) is 4.05. The number of rotatable bonds is 4. The average molecular weight is 235 g/mol. The Morgan fingerprint density at radius 3 is 2.29 bits per heavy atom. The molecule has 0 aromatic carbocycles. The van der Waals surface area contributed by atoms with Gasteiger partial charge in [0.15, 0.2) is 0 Å². The molecule has 0 spiro atoms. The lowest BCUT2D eigenvalue weighted by atomic mass is 9.89. The van der Waals surface area contributed by atoms with Crippen molar-refractivity contribution in [3.05, 3.63) is 22.6 Å². The molecule has 1 aliphatic rings. The highest BCUT2D eigenvalue weighted by Gasteiger charge is 2.29. The van der Waals surface area contributed by atoms with E-state index in [1.54, 1.807) is 0 Å². The first-order chi connectivity index (χ1) is 8.15. The first-order valence-corrected chi connectivity index (χ1v) is 6.95. The molecule has 0 aliphatic heterocycles. The Balaban J connectivity index is 2.30. The molecule has 96 valence electrons. The zero-order chi connectivity index (χ0) is 12.4. The number of aryl methyl sites for hydroxylation is 2. The van der Waals surface area contributed by atoms with Crippen molar-refractivity contribution in [1.82, 2.24) is 5.32 Å². The zero-order valence-corrected chi connectivity index (χ0v) is 11.6. The van der Waals surface area contributed by atoms with E-state index in [9.17, 15) is 0 Å². The number of hydrogen-bond donors (Lipinski definition) is 1. The fraction of sp³-hybridized carbons (Fsp3) is 0.733. The van der Waals surface area contributed by atoms with Gasteiger partial charge in [-0.25, -0.2) is 0 Å². The topological polar surface area (TPSA) is 25.2 Å². The van der Waals surface area contributed by atoms with Crippen LogP contribution in [0, 0.1) is 26.7 Å². The largest absolute Gasteiger partial charge is 0.466 e. The monoisotopic (exact) mass is 235 g/mol. The maximum atomic E-state index is 5.79. The summed E-state index contributed by atoms with van der Waals surface area (Å²) in [5.41, 5.74) is 2.77. The smallest absolute Gasteiger partial charge is 0.106 e. The van der Waals surface area contributed by atoms with E-state index in [2.05, 4.69) is 33.0 Å². The molecular formula is C15H25NO. The SMILES string of the molecule is CCNC(c1c(C)oc(C)c1C)C1CCCC1. The van der Waals surface area contributed by atoms with Gasteiger partial charge in [-0.3, -0.25) is 0 Å². The minimum absolute atomic E-state index is 0.500. The van der Waals surface area contributed by atoms with Gasteiger partial charge in [0, 0.05) is 11.6 Å².